The van der Waals surface area contributed by atoms with E-state index >= 15 is 0 Å². The third kappa shape index (κ3) is 1.46. The van der Waals surface area contributed by atoms with E-state index in [9.17, 15) is 10.0 Å². The Labute approximate surface area is 68.3 Å². The van der Waals surface area contributed by atoms with Crippen LogP contribution in [-0.2, 0) is 0 Å². The number of hydrogen-bond donors (Lipinski definition) is 1. The lowest BCUT2D eigenvalue weighted by Gasteiger charge is -2.00. The first-order valence-corrected chi connectivity index (χ1v) is 2.91. The Hall–Kier alpha value is -1.58. The van der Waals surface area contributed by atoms with E-state index in [-0.39, 0.29) is 5.69 Å². The highest BCUT2D eigenvalue weighted by Gasteiger charge is 2.11. The number of nitrogens with one attached hydrogen (secondary N) is 1. The molecule has 0 bridgehead atoms. The quantitative estimate of drug-likeness (QED) is 0.446. The first-order chi connectivity index (χ1) is 6.40. The SMILES string of the molecule is [2H]C([2H])([2H])NC(=O)c1cccc[n+]1[O-]. The first kappa shape index (κ1) is 4.33. The molecular formula is C7H8N2O2. The maximum Gasteiger partial charge on any atom is 0.317 e. The van der Waals surface area contributed by atoms with E-state index in [4.69, 9.17) is 4.11 Å². The van der Waals surface area contributed by atoms with Gasteiger partial charge in [0.25, 0.3) is 5.69 Å². The Kier molecular flexibility index (Phi) is 1.18. The van der Waals surface area contributed by atoms with E-state index in [0.29, 0.717) is 4.73 Å². The van der Waals surface area contributed by atoms with Gasteiger partial charge in [0, 0.05) is 23.2 Å². The van der Waals surface area contributed by atoms with Crippen LogP contribution in [0.1, 0.15) is 14.6 Å². The molecule has 1 heterocycles. The van der Waals surface area contributed by atoms with Crippen molar-refractivity contribution < 1.29 is 13.6 Å². The van der Waals surface area contributed by atoms with Crippen LogP contribution in [0.3, 0.4) is 0 Å². The molecule has 1 N–H and O–H groups in total. The summed E-state index contributed by atoms with van der Waals surface area (Å²) < 4.78 is 20.6. The minimum absolute atomic E-state index is 0.247. The van der Waals surface area contributed by atoms with Gasteiger partial charge in [0.05, 0.1) is 0 Å². The van der Waals surface area contributed by atoms with Crippen molar-refractivity contribution >= 4 is 5.91 Å². The van der Waals surface area contributed by atoms with Crippen molar-refractivity contribution in [2.24, 2.45) is 0 Å². The van der Waals surface area contributed by atoms with Gasteiger partial charge in [0.15, 0.2) is 6.20 Å². The highest BCUT2D eigenvalue weighted by atomic mass is 16.5. The van der Waals surface area contributed by atoms with Crippen molar-refractivity contribution in [2.75, 3.05) is 6.98 Å². The second-order valence-electron chi connectivity index (χ2n) is 1.87. The number of carbonyl (C=O) groups excluding carboxylic acids is 1. The van der Waals surface area contributed by atoms with Gasteiger partial charge >= 0.3 is 5.91 Å². The summed E-state index contributed by atoms with van der Waals surface area (Å²) in [5, 5.41) is 12.7. The normalized spacial score (nSPS) is 14.4. The lowest BCUT2D eigenvalue weighted by Crippen LogP contribution is -2.37. The van der Waals surface area contributed by atoms with Gasteiger partial charge in [-0.3, -0.25) is 4.79 Å². The minimum Gasteiger partial charge on any atom is -0.618 e. The monoisotopic (exact) mass is 155 g/mol. The van der Waals surface area contributed by atoms with Crippen LogP contribution < -0.4 is 10.0 Å². The molecule has 1 aromatic heterocycles. The Balaban J connectivity index is 2.86. The molecule has 1 aromatic rings. The van der Waals surface area contributed by atoms with E-state index in [1.54, 1.807) is 5.32 Å². The second kappa shape index (κ2) is 3.01. The maximum atomic E-state index is 11.2. The van der Waals surface area contributed by atoms with Gasteiger partial charge in [-0.05, 0) is 6.07 Å². The molecule has 4 heteroatoms. The molecule has 0 aliphatic carbocycles. The number of rotatable bonds is 1. The number of nitrogens with zero attached hydrogens (tertiary/aromatic N) is 1. The molecule has 0 saturated heterocycles. The molecule has 0 aromatic carbocycles. The van der Waals surface area contributed by atoms with Crippen LogP contribution in [0.15, 0.2) is 24.4 Å². The Morgan fingerprint density at radius 3 is 3.27 bits per heavy atom. The fraction of sp³-hybridized carbons (Fsp3) is 0.143. The summed E-state index contributed by atoms with van der Waals surface area (Å²) in [6.07, 6.45) is 1.12. The van der Waals surface area contributed by atoms with Gasteiger partial charge in [-0.15, -0.1) is 0 Å². The highest BCUT2D eigenvalue weighted by molar-refractivity contribution is 5.90. The van der Waals surface area contributed by atoms with Crippen molar-refractivity contribution in [3.63, 3.8) is 0 Å². The molecule has 11 heavy (non-hydrogen) atoms. The first-order valence-electron chi connectivity index (χ1n) is 4.41. The van der Waals surface area contributed by atoms with E-state index in [0.717, 1.165) is 6.20 Å². The number of aromatic nitrogens is 1. The van der Waals surface area contributed by atoms with Gasteiger partial charge in [0.1, 0.15) is 0 Å². The van der Waals surface area contributed by atoms with Gasteiger partial charge in [-0.1, -0.05) is 0 Å². The van der Waals surface area contributed by atoms with Crippen LogP contribution in [0.5, 0.6) is 0 Å². The third-order valence-corrected chi connectivity index (χ3v) is 1.17. The largest absolute Gasteiger partial charge is 0.618 e. The van der Waals surface area contributed by atoms with Crippen molar-refractivity contribution in [2.45, 2.75) is 0 Å². The van der Waals surface area contributed by atoms with E-state index in [1.807, 2.05) is 0 Å². The van der Waals surface area contributed by atoms with Crippen LogP contribution >= 0.6 is 0 Å². The summed E-state index contributed by atoms with van der Waals surface area (Å²) in [7, 11) is 0. The van der Waals surface area contributed by atoms with Crippen LogP contribution in [-0.4, -0.2) is 12.9 Å². The van der Waals surface area contributed by atoms with Crippen LogP contribution in [0, 0.1) is 5.21 Å². The van der Waals surface area contributed by atoms with E-state index in [2.05, 4.69) is 0 Å². The zero-order valence-corrected chi connectivity index (χ0v) is 5.57. The predicted molar refractivity (Wildman–Crippen MR) is 38.8 cm³/mol. The number of carbonyl (C=O) groups is 1. The molecule has 0 aliphatic rings. The highest BCUT2D eigenvalue weighted by Crippen LogP contribution is 1.88. The summed E-state index contributed by atoms with van der Waals surface area (Å²) >= 11 is 0. The maximum absolute atomic E-state index is 11.2. The standard InChI is InChI=1S/C7H8N2O2/c1-8-7(10)6-4-2-3-5-9(6)11/h2-5H,1H3,(H,8,10)/i1D3. The fourth-order valence-corrected chi connectivity index (χ4v) is 0.668. The lowest BCUT2D eigenvalue weighted by atomic mass is 10.3. The Bertz CT molecular complexity index is 351. The lowest BCUT2D eigenvalue weighted by molar-refractivity contribution is -0.607. The minimum atomic E-state index is -2.58. The van der Waals surface area contributed by atoms with Crippen LogP contribution in [0.2, 0.25) is 0 Å². The fourth-order valence-electron chi connectivity index (χ4n) is 0.668. The molecule has 0 unspecified atom stereocenters. The average Bonchev–Trinajstić information content (AvgIpc) is 2.01. The van der Waals surface area contributed by atoms with Crippen molar-refractivity contribution in [1.29, 1.82) is 0 Å². The molecular weight excluding hydrogens is 144 g/mol. The molecule has 0 aliphatic heterocycles. The van der Waals surface area contributed by atoms with Gasteiger partial charge < -0.3 is 10.5 Å². The Morgan fingerprint density at radius 1 is 1.82 bits per heavy atom. The predicted octanol–water partition coefficient (Wildman–Crippen LogP) is -0.320. The van der Waals surface area contributed by atoms with Crippen molar-refractivity contribution in [3.8, 4) is 0 Å². The molecule has 4 nitrogen and oxygen atoms in total. The number of pyridine rings is 1. The topological polar surface area (TPSA) is 56.0 Å². The third-order valence-electron chi connectivity index (χ3n) is 1.17. The zero-order valence-electron chi connectivity index (χ0n) is 8.57. The zero-order chi connectivity index (χ0) is 10.8. The Morgan fingerprint density at radius 2 is 2.64 bits per heavy atom. The molecule has 1 rings (SSSR count). The summed E-state index contributed by atoms with van der Waals surface area (Å²) in [5.74, 6) is -0.916. The second-order valence-corrected chi connectivity index (χ2v) is 1.87. The summed E-state index contributed by atoms with van der Waals surface area (Å²) in [4.78, 5) is 11.2. The van der Waals surface area contributed by atoms with E-state index in [1.165, 1.54) is 18.2 Å². The number of hydrogen-bond acceptors (Lipinski definition) is 2. The molecule has 0 atom stereocenters. The molecule has 0 fully saturated rings. The molecule has 1 amide bonds. The van der Waals surface area contributed by atoms with Gasteiger partial charge in [0.2, 0.25) is 0 Å². The van der Waals surface area contributed by atoms with Crippen molar-refractivity contribution in [3.05, 3.63) is 35.3 Å². The average molecular weight is 155 g/mol. The summed E-state index contributed by atoms with van der Waals surface area (Å²) in [6.45, 7) is -2.58. The van der Waals surface area contributed by atoms with Gasteiger partial charge in [-0.25, -0.2) is 0 Å². The molecule has 58 valence electrons. The van der Waals surface area contributed by atoms with Gasteiger partial charge in [-0.2, -0.15) is 4.73 Å². The molecule has 0 spiro atoms. The number of amides is 1. The molecule has 0 radical (unpaired) electrons. The summed E-state index contributed by atoms with van der Waals surface area (Å²) in [5.41, 5.74) is -0.247. The van der Waals surface area contributed by atoms with Crippen molar-refractivity contribution in [1.82, 2.24) is 5.32 Å². The smallest absolute Gasteiger partial charge is 0.317 e. The van der Waals surface area contributed by atoms with Crippen LogP contribution in [0.4, 0.5) is 0 Å². The summed E-state index contributed by atoms with van der Waals surface area (Å²) in [6, 6.07) is 4.16. The van der Waals surface area contributed by atoms with Crippen LogP contribution in [0.25, 0.3) is 0 Å². The molecule has 0 saturated carbocycles. The van der Waals surface area contributed by atoms with E-state index < -0.39 is 12.9 Å².